The number of thiophene rings is 1. The van der Waals surface area contributed by atoms with Gasteiger partial charge in [-0.1, -0.05) is 5.21 Å². The van der Waals surface area contributed by atoms with Crippen molar-refractivity contribution >= 4 is 23.3 Å². The lowest BCUT2D eigenvalue weighted by molar-refractivity contribution is -0.141. The maximum atomic E-state index is 11.3. The van der Waals surface area contributed by atoms with Crippen LogP contribution in [0, 0.1) is 6.92 Å². The van der Waals surface area contributed by atoms with Gasteiger partial charge in [-0.25, -0.2) is 9.67 Å². The molecule has 1 atom stereocenters. The fraction of sp³-hybridized carbons (Fsp3) is 0.529. The highest BCUT2D eigenvalue weighted by Gasteiger charge is 2.09. The average molecular weight is 379 g/mol. The van der Waals surface area contributed by atoms with Crippen molar-refractivity contribution in [2.75, 3.05) is 13.7 Å². The van der Waals surface area contributed by atoms with Crippen LogP contribution in [0.3, 0.4) is 0 Å². The van der Waals surface area contributed by atoms with Gasteiger partial charge >= 0.3 is 5.97 Å². The van der Waals surface area contributed by atoms with Crippen LogP contribution in [0.1, 0.15) is 29.3 Å². The Morgan fingerprint density at radius 2 is 2.27 bits per heavy atom. The Kier molecular flexibility index (Phi) is 7.58. The molecule has 0 saturated heterocycles. The van der Waals surface area contributed by atoms with Gasteiger partial charge < -0.3 is 15.4 Å². The fourth-order valence-corrected chi connectivity index (χ4v) is 3.37. The molecule has 0 aliphatic heterocycles. The van der Waals surface area contributed by atoms with Crippen LogP contribution in [0.2, 0.25) is 0 Å². The smallest absolute Gasteiger partial charge is 0.327 e. The van der Waals surface area contributed by atoms with Crippen molar-refractivity contribution in [1.82, 2.24) is 25.6 Å². The summed E-state index contributed by atoms with van der Waals surface area (Å²) in [5.74, 6) is 0.369. The molecule has 0 aliphatic carbocycles. The van der Waals surface area contributed by atoms with Crippen LogP contribution in [-0.2, 0) is 29.0 Å². The minimum atomic E-state index is -0.363. The maximum Gasteiger partial charge on any atom is 0.327 e. The Morgan fingerprint density at radius 1 is 1.46 bits per heavy atom. The molecule has 0 radical (unpaired) electrons. The first kappa shape index (κ1) is 19.9. The Bertz CT molecular complexity index is 739. The second-order valence-electron chi connectivity index (χ2n) is 5.94. The molecule has 2 aromatic heterocycles. The van der Waals surface area contributed by atoms with E-state index in [1.54, 1.807) is 6.20 Å². The highest BCUT2D eigenvalue weighted by Crippen LogP contribution is 2.16. The minimum Gasteiger partial charge on any atom is -0.468 e. The summed E-state index contributed by atoms with van der Waals surface area (Å²) in [6, 6.07) is 4.56. The van der Waals surface area contributed by atoms with Gasteiger partial charge in [-0.2, -0.15) is 0 Å². The maximum absolute atomic E-state index is 11.3. The molecular weight excluding hydrogens is 352 g/mol. The Balaban J connectivity index is 1.92. The molecule has 0 spiro atoms. The monoisotopic (exact) mass is 378 g/mol. The zero-order chi connectivity index (χ0) is 18.9. The largest absolute Gasteiger partial charge is 0.468 e. The van der Waals surface area contributed by atoms with Crippen molar-refractivity contribution in [2.45, 2.75) is 46.3 Å². The predicted molar refractivity (Wildman–Crippen MR) is 102 cm³/mol. The van der Waals surface area contributed by atoms with Crippen molar-refractivity contribution in [3.8, 4) is 0 Å². The van der Waals surface area contributed by atoms with E-state index in [-0.39, 0.29) is 18.6 Å². The first-order valence-corrected chi connectivity index (χ1v) is 9.37. The summed E-state index contributed by atoms with van der Waals surface area (Å²) in [5.41, 5.74) is 0.688. The molecule has 0 saturated carbocycles. The topological polar surface area (TPSA) is 93.4 Å². The van der Waals surface area contributed by atoms with Crippen molar-refractivity contribution in [3.63, 3.8) is 0 Å². The van der Waals surface area contributed by atoms with Crippen molar-refractivity contribution < 1.29 is 9.53 Å². The molecule has 26 heavy (non-hydrogen) atoms. The third kappa shape index (κ3) is 6.47. The first-order valence-electron chi connectivity index (χ1n) is 8.56. The number of aliphatic imine (C=N–C) groups is 1. The Hall–Kier alpha value is -2.42. The Morgan fingerprint density at radius 3 is 2.92 bits per heavy atom. The van der Waals surface area contributed by atoms with E-state index in [0.29, 0.717) is 12.2 Å². The third-order valence-corrected chi connectivity index (χ3v) is 4.56. The normalized spacial score (nSPS) is 12.7. The van der Waals surface area contributed by atoms with Crippen LogP contribution < -0.4 is 10.6 Å². The van der Waals surface area contributed by atoms with Crippen molar-refractivity contribution in [2.24, 2.45) is 4.99 Å². The average Bonchev–Trinajstić information content (AvgIpc) is 3.21. The quantitative estimate of drug-likeness (QED) is 0.411. The van der Waals surface area contributed by atoms with E-state index in [0.717, 1.165) is 18.9 Å². The van der Waals surface area contributed by atoms with E-state index in [1.165, 1.54) is 21.5 Å². The van der Waals surface area contributed by atoms with Crippen molar-refractivity contribution in [3.05, 3.63) is 33.8 Å². The van der Waals surface area contributed by atoms with Gasteiger partial charge in [0.05, 0.1) is 19.9 Å². The molecule has 1 unspecified atom stereocenters. The first-order chi connectivity index (χ1) is 12.5. The van der Waals surface area contributed by atoms with Crippen LogP contribution in [0.5, 0.6) is 0 Å². The summed E-state index contributed by atoms with van der Waals surface area (Å²) in [4.78, 5) is 18.5. The second kappa shape index (κ2) is 9.91. The van der Waals surface area contributed by atoms with Crippen LogP contribution in [-0.4, -0.2) is 46.6 Å². The van der Waals surface area contributed by atoms with Gasteiger partial charge in [-0.3, -0.25) is 4.79 Å². The van der Waals surface area contributed by atoms with Crippen LogP contribution in [0.15, 0.2) is 23.3 Å². The van der Waals surface area contributed by atoms with Gasteiger partial charge in [0, 0.05) is 28.8 Å². The number of aromatic nitrogens is 3. The van der Waals surface area contributed by atoms with Crippen molar-refractivity contribution in [1.29, 1.82) is 0 Å². The molecule has 0 fully saturated rings. The molecule has 2 rings (SSSR count). The minimum absolute atomic E-state index is 0.0444. The Labute approximate surface area is 157 Å². The van der Waals surface area contributed by atoms with Crippen LogP contribution >= 0.6 is 11.3 Å². The number of hydrogen-bond donors (Lipinski definition) is 2. The van der Waals surface area contributed by atoms with E-state index in [4.69, 9.17) is 0 Å². The molecule has 2 heterocycles. The fourth-order valence-electron chi connectivity index (χ4n) is 2.35. The van der Waals surface area contributed by atoms with Gasteiger partial charge in [0.2, 0.25) is 0 Å². The molecule has 2 aromatic rings. The number of nitrogens with one attached hydrogen (secondary N) is 2. The number of hydrogen-bond acceptors (Lipinski definition) is 6. The van der Waals surface area contributed by atoms with E-state index < -0.39 is 0 Å². The predicted octanol–water partition coefficient (Wildman–Crippen LogP) is 1.51. The lowest BCUT2D eigenvalue weighted by Gasteiger charge is -2.17. The lowest BCUT2D eigenvalue weighted by Crippen LogP contribution is -2.43. The lowest BCUT2D eigenvalue weighted by atomic mass is 10.2. The summed E-state index contributed by atoms with van der Waals surface area (Å²) in [6.07, 6.45) is 2.64. The van der Waals surface area contributed by atoms with Gasteiger partial charge in [-0.15, -0.1) is 16.4 Å². The summed E-state index contributed by atoms with van der Waals surface area (Å²) < 4.78 is 6.06. The number of methoxy groups -OCH3 is 1. The van der Waals surface area contributed by atoms with E-state index in [2.05, 4.69) is 56.7 Å². The number of rotatable bonds is 8. The number of ether oxygens (including phenoxy) is 1. The number of nitrogens with zero attached hydrogens (tertiary/aromatic N) is 4. The molecule has 142 valence electrons. The number of esters is 1. The third-order valence-electron chi connectivity index (χ3n) is 3.53. The number of guanidine groups is 1. The van der Waals surface area contributed by atoms with Crippen LogP contribution in [0.25, 0.3) is 0 Å². The molecular formula is C17H26N6O2S. The number of carbonyl (C=O) groups is 1. The summed E-state index contributed by atoms with van der Waals surface area (Å²) in [6.45, 7) is 7.46. The van der Waals surface area contributed by atoms with Gasteiger partial charge in [0.15, 0.2) is 5.96 Å². The molecule has 9 heteroatoms. The summed E-state index contributed by atoms with van der Waals surface area (Å²) >= 11 is 1.82. The zero-order valence-corrected chi connectivity index (χ0v) is 16.5. The number of carbonyl (C=O) groups excluding carboxylic acids is 1. The summed E-state index contributed by atoms with van der Waals surface area (Å²) in [5, 5.41) is 14.6. The SMILES string of the molecule is CCNC(=NCc1cn(CC(=O)OC)nn1)NC(C)Cc1ccc(C)s1. The molecule has 0 aliphatic rings. The van der Waals surface area contributed by atoms with Gasteiger partial charge in [-0.05, 0) is 32.9 Å². The molecule has 8 nitrogen and oxygen atoms in total. The molecule has 0 aromatic carbocycles. The molecule has 0 bridgehead atoms. The highest BCUT2D eigenvalue weighted by atomic mass is 32.1. The zero-order valence-electron chi connectivity index (χ0n) is 15.7. The van der Waals surface area contributed by atoms with E-state index >= 15 is 0 Å². The van der Waals surface area contributed by atoms with E-state index in [1.807, 2.05) is 18.3 Å². The number of aryl methyl sites for hydroxylation is 1. The summed E-state index contributed by atoms with van der Waals surface area (Å²) in [7, 11) is 1.34. The molecule has 0 amide bonds. The standard InChI is InChI=1S/C17H26N6O2S/c1-5-18-17(20-12(2)8-15-7-6-13(3)26-15)19-9-14-10-23(22-21-14)11-16(24)25-4/h6-7,10,12H,5,8-9,11H2,1-4H3,(H2,18,19,20). The van der Waals surface area contributed by atoms with Gasteiger partial charge in [0.1, 0.15) is 12.2 Å². The van der Waals surface area contributed by atoms with E-state index in [9.17, 15) is 4.79 Å². The second-order valence-corrected chi connectivity index (χ2v) is 7.31. The van der Waals surface area contributed by atoms with Crippen LogP contribution in [0.4, 0.5) is 0 Å². The molecule has 2 N–H and O–H groups in total. The highest BCUT2D eigenvalue weighted by molar-refractivity contribution is 7.11. The van der Waals surface area contributed by atoms with Gasteiger partial charge in [0.25, 0.3) is 0 Å².